The molecule has 1 aliphatic rings. The summed E-state index contributed by atoms with van der Waals surface area (Å²) in [7, 11) is 0. The fourth-order valence-corrected chi connectivity index (χ4v) is 1.53. The lowest BCUT2D eigenvalue weighted by molar-refractivity contribution is -0.146. The van der Waals surface area contributed by atoms with Gasteiger partial charge < -0.3 is 20.1 Å². The van der Waals surface area contributed by atoms with Crippen LogP contribution in [0.25, 0.3) is 0 Å². The zero-order valence-corrected chi connectivity index (χ0v) is 10.3. The number of amides is 2. The lowest BCUT2D eigenvalue weighted by Gasteiger charge is -2.26. The number of rotatable bonds is 5. The molecule has 102 valence electrons. The van der Waals surface area contributed by atoms with Crippen molar-refractivity contribution in [1.29, 1.82) is 0 Å². The van der Waals surface area contributed by atoms with Crippen LogP contribution >= 0.6 is 0 Å². The Kier molecular flexibility index (Phi) is 5.57. The number of carbonyl (C=O) groups excluding carboxylic acids is 2. The molecule has 0 radical (unpaired) electrons. The summed E-state index contributed by atoms with van der Waals surface area (Å²) in [6, 6.07) is 0. The van der Waals surface area contributed by atoms with Gasteiger partial charge >= 0.3 is 5.97 Å². The zero-order valence-electron chi connectivity index (χ0n) is 10.3. The van der Waals surface area contributed by atoms with Gasteiger partial charge in [0.25, 0.3) is 0 Å². The maximum absolute atomic E-state index is 11.7. The molecule has 1 saturated heterocycles. The minimum absolute atomic E-state index is 0.0541. The van der Waals surface area contributed by atoms with Crippen LogP contribution in [0, 0.1) is 5.92 Å². The van der Waals surface area contributed by atoms with Gasteiger partial charge in [0, 0.05) is 26.1 Å². The molecule has 7 nitrogen and oxygen atoms in total. The second-order valence-corrected chi connectivity index (χ2v) is 4.09. The fraction of sp³-hybridized carbons (Fsp3) is 0.727. The number of hydrogen-bond donors (Lipinski definition) is 2. The Bertz CT molecular complexity index is 325. The second kappa shape index (κ2) is 6.95. The lowest BCUT2D eigenvalue weighted by Crippen LogP contribution is -2.42. The lowest BCUT2D eigenvalue weighted by atomic mass is 10.1. The highest BCUT2D eigenvalue weighted by molar-refractivity contribution is 5.96. The molecule has 1 aliphatic heterocycles. The standard InChI is InChI=1S/C11H18N2O5/c1-8(11(16)17)10(15)12-3-2-9(14)13-4-6-18-7-5-13/h8H,2-7H2,1H3,(H,12,15)(H,16,17). The van der Waals surface area contributed by atoms with Gasteiger partial charge in [-0.05, 0) is 6.92 Å². The van der Waals surface area contributed by atoms with Crippen LogP contribution in [0.1, 0.15) is 13.3 Å². The van der Waals surface area contributed by atoms with Gasteiger partial charge in [0.2, 0.25) is 11.8 Å². The molecular formula is C11H18N2O5. The summed E-state index contributed by atoms with van der Waals surface area (Å²) < 4.78 is 5.12. The second-order valence-electron chi connectivity index (χ2n) is 4.09. The first-order chi connectivity index (χ1) is 8.52. The number of nitrogens with zero attached hydrogens (tertiary/aromatic N) is 1. The van der Waals surface area contributed by atoms with E-state index in [1.807, 2.05) is 0 Å². The number of carboxylic acids is 1. The SMILES string of the molecule is CC(C(=O)O)C(=O)NCCC(=O)N1CCOCC1. The Morgan fingerprint density at radius 2 is 1.94 bits per heavy atom. The molecule has 2 N–H and O–H groups in total. The normalized spacial score (nSPS) is 17.1. The first-order valence-electron chi connectivity index (χ1n) is 5.88. The molecular weight excluding hydrogens is 240 g/mol. The summed E-state index contributed by atoms with van der Waals surface area (Å²) in [4.78, 5) is 35.2. The van der Waals surface area contributed by atoms with E-state index in [0.717, 1.165) is 0 Å². The average molecular weight is 258 g/mol. The monoisotopic (exact) mass is 258 g/mol. The van der Waals surface area contributed by atoms with Gasteiger partial charge in [-0.1, -0.05) is 0 Å². The summed E-state index contributed by atoms with van der Waals surface area (Å²) in [6.45, 7) is 3.67. The maximum Gasteiger partial charge on any atom is 0.315 e. The van der Waals surface area contributed by atoms with Gasteiger partial charge in [0.1, 0.15) is 5.92 Å². The van der Waals surface area contributed by atoms with E-state index in [1.54, 1.807) is 4.90 Å². The molecule has 0 aliphatic carbocycles. The number of nitrogens with one attached hydrogen (secondary N) is 1. The third-order valence-electron chi connectivity index (χ3n) is 2.77. The Hall–Kier alpha value is -1.63. The smallest absolute Gasteiger partial charge is 0.315 e. The van der Waals surface area contributed by atoms with E-state index in [9.17, 15) is 14.4 Å². The molecule has 1 rings (SSSR count). The highest BCUT2D eigenvalue weighted by Gasteiger charge is 2.21. The molecule has 0 aromatic carbocycles. The van der Waals surface area contributed by atoms with E-state index in [1.165, 1.54) is 6.92 Å². The van der Waals surface area contributed by atoms with Gasteiger partial charge in [-0.15, -0.1) is 0 Å². The van der Waals surface area contributed by atoms with Crippen molar-refractivity contribution in [3.63, 3.8) is 0 Å². The first-order valence-corrected chi connectivity index (χ1v) is 5.88. The van der Waals surface area contributed by atoms with Crippen molar-refractivity contribution >= 4 is 17.8 Å². The quantitative estimate of drug-likeness (QED) is 0.621. The van der Waals surface area contributed by atoms with Crippen molar-refractivity contribution in [1.82, 2.24) is 10.2 Å². The van der Waals surface area contributed by atoms with Crippen molar-refractivity contribution in [2.75, 3.05) is 32.8 Å². The molecule has 18 heavy (non-hydrogen) atoms. The maximum atomic E-state index is 11.7. The predicted octanol–water partition coefficient (Wildman–Crippen LogP) is -0.928. The summed E-state index contributed by atoms with van der Waals surface area (Å²) in [5.74, 6) is -2.89. The molecule has 0 saturated carbocycles. The predicted molar refractivity (Wildman–Crippen MR) is 61.8 cm³/mol. The minimum atomic E-state index is -1.17. The van der Waals surface area contributed by atoms with Gasteiger partial charge in [-0.25, -0.2) is 0 Å². The Morgan fingerprint density at radius 3 is 2.50 bits per heavy atom. The van der Waals surface area contributed by atoms with Crippen molar-refractivity contribution in [3.05, 3.63) is 0 Å². The molecule has 1 fully saturated rings. The van der Waals surface area contributed by atoms with Crippen molar-refractivity contribution < 1.29 is 24.2 Å². The highest BCUT2D eigenvalue weighted by atomic mass is 16.5. The van der Waals surface area contributed by atoms with Gasteiger partial charge in [-0.3, -0.25) is 14.4 Å². The zero-order chi connectivity index (χ0) is 13.5. The highest BCUT2D eigenvalue weighted by Crippen LogP contribution is 2.00. The molecule has 1 unspecified atom stereocenters. The number of carbonyl (C=O) groups is 3. The van der Waals surface area contributed by atoms with Crippen LogP contribution < -0.4 is 5.32 Å². The van der Waals surface area contributed by atoms with Gasteiger partial charge in [0.05, 0.1) is 13.2 Å². The molecule has 7 heteroatoms. The van der Waals surface area contributed by atoms with Crippen molar-refractivity contribution in [2.45, 2.75) is 13.3 Å². The largest absolute Gasteiger partial charge is 0.481 e. The number of morpholine rings is 1. The van der Waals surface area contributed by atoms with Crippen molar-refractivity contribution in [2.24, 2.45) is 5.92 Å². The molecule has 1 atom stereocenters. The van der Waals surface area contributed by atoms with E-state index < -0.39 is 17.8 Å². The van der Waals surface area contributed by atoms with Crippen LogP contribution in [0.2, 0.25) is 0 Å². The number of carboxylic acid groups (broad SMARTS) is 1. The van der Waals surface area contributed by atoms with E-state index in [-0.39, 0.29) is 18.9 Å². The van der Waals surface area contributed by atoms with Crippen molar-refractivity contribution in [3.8, 4) is 0 Å². The summed E-state index contributed by atoms with van der Waals surface area (Å²) in [5.41, 5.74) is 0. The number of aliphatic carboxylic acids is 1. The molecule has 0 aromatic heterocycles. The first kappa shape index (κ1) is 14.4. The summed E-state index contributed by atoms with van der Waals surface area (Å²) in [6.07, 6.45) is 0.179. The molecule has 0 bridgehead atoms. The van der Waals surface area contributed by atoms with E-state index in [0.29, 0.717) is 26.3 Å². The van der Waals surface area contributed by atoms with Crippen LogP contribution in [0.3, 0.4) is 0 Å². The Labute approximate surface area is 105 Å². The third kappa shape index (κ3) is 4.33. The number of ether oxygens (including phenoxy) is 1. The molecule has 2 amide bonds. The van der Waals surface area contributed by atoms with E-state index >= 15 is 0 Å². The topological polar surface area (TPSA) is 95.9 Å². The fourth-order valence-electron chi connectivity index (χ4n) is 1.53. The van der Waals surface area contributed by atoms with Gasteiger partial charge in [0.15, 0.2) is 0 Å². The van der Waals surface area contributed by atoms with Gasteiger partial charge in [-0.2, -0.15) is 0 Å². The minimum Gasteiger partial charge on any atom is -0.481 e. The van der Waals surface area contributed by atoms with Crippen LogP contribution in [-0.2, 0) is 19.1 Å². The van der Waals surface area contributed by atoms with Crippen LogP contribution in [0.15, 0.2) is 0 Å². The Balaban J connectivity index is 2.22. The van der Waals surface area contributed by atoms with Crippen LogP contribution in [0.5, 0.6) is 0 Å². The average Bonchev–Trinajstić information content (AvgIpc) is 2.38. The molecule has 1 heterocycles. The van der Waals surface area contributed by atoms with E-state index in [4.69, 9.17) is 9.84 Å². The third-order valence-corrected chi connectivity index (χ3v) is 2.77. The number of hydrogen-bond acceptors (Lipinski definition) is 4. The van der Waals surface area contributed by atoms with Crippen LogP contribution in [-0.4, -0.2) is 60.6 Å². The Morgan fingerprint density at radius 1 is 1.33 bits per heavy atom. The van der Waals surface area contributed by atoms with E-state index in [2.05, 4.69) is 5.32 Å². The van der Waals surface area contributed by atoms with Crippen LogP contribution in [0.4, 0.5) is 0 Å². The summed E-state index contributed by atoms with van der Waals surface area (Å²) in [5, 5.41) is 11.1. The summed E-state index contributed by atoms with van der Waals surface area (Å²) >= 11 is 0. The molecule has 0 aromatic rings. The molecule has 0 spiro atoms.